The lowest BCUT2D eigenvalue weighted by atomic mass is 10.4. The van der Waals surface area contributed by atoms with Crippen molar-refractivity contribution in [3.63, 3.8) is 0 Å². The Kier molecular flexibility index (Phi) is 1.58. The Labute approximate surface area is 57.0 Å². The first-order valence-electron chi connectivity index (χ1n) is 2.80. The lowest BCUT2D eigenvalue weighted by molar-refractivity contribution is -0.271. The van der Waals surface area contributed by atoms with Gasteiger partial charge in [-0.3, -0.25) is 9.68 Å². The molecule has 1 saturated carbocycles. The zero-order valence-corrected chi connectivity index (χ0v) is 5.20. The summed E-state index contributed by atoms with van der Waals surface area (Å²) in [4.78, 5) is 28.5. The molecule has 0 unspecified atom stereocenters. The SMILES string of the molecule is NC(=O)OOC1(C=O)CC1. The summed E-state index contributed by atoms with van der Waals surface area (Å²) in [5.41, 5.74) is 3.70. The summed E-state index contributed by atoms with van der Waals surface area (Å²) < 4.78 is 0. The average Bonchev–Trinajstić information content (AvgIpc) is 2.64. The molecule has 56 valence electrons. The van der Waals surface area contributed by atoms with E-state index in [4.69, 9.17) is 0 Å². The molecule has 0 bridgehead atoms. The topological polar surface area (TPSA) is 78.6 Å². The van der Waals surface area contributed by atoms with Crippen molar-refractivity contribution in [2.24, 2.45) is 5.73 Å². The average molecular weight is 145 g/mol. The van der Waals surface area contributed by atoms with E-state index >= 15 is 0 Å². The Morgan fingerprint density at radius 1 is 1.60 bits per heavy atom. The van der Waals surface area contributed by atoms with E-state index in [0.29, 0.717) is 19.1 Å². The predicted molar refractivity (Wildman–Crippen MR) is 29.8 cm³/mol. The highest BCUT2D eigenvalue weighted by Crippen LogP contribution is 2.37. The zero-order chi connectivity index (χ0) is 7.61. The minimum absolute atomic E-state index is 0.587. The van der Waals surface area contributed by atoms with Gasteiger partial charge in [0, 0.05) is 0 Å². The second kappa shape index (κ2) is 2.26. The van der Waals surface area contributed by atoms with E-state index in [1.165, 1.54) is 0 Å². The van der Waals surface area contributed by atoms with Crippen LogP contribution in [-0.2, 0) is 14.6 Å². The Bertz CT molecular complexity index is 163. The van der Waals surface area contributed by atoms with Crippen molar-refractivity contribution in [3.8, 4) is 0 Å². The van der Waals surface area contributed by atoms with E-state index in [1.54, 1.807) is 0 Å². The third-order valence-electron chi connectivity index (χ3n) is 1.25. The van der Waals surface area contributed by atoms with E-state index in [-0.39, 0.29) is 0 Å². The Balaban J connectivity index is 2.25. The van der Waals surface area contributed by atoms with Crippen LogP contribution in [0.4, 0.5) is 4.79 Å². The van der Waals surface area contributed by atoms with Gasteiger partial charge in [-0.15, -0.1) is 0 Å². The molecule has 0 aromatic heterocycles. The molecule has 0 radical (unpaired) electrons. The van der Waals surface area contributed by atoms with Crippen LogP contribution >= 0.6 is 0 Å². The molecule has 1 aliphatic rings. The van der Waals surface area contributed by atoms with Crippen molar-refractivity contribution in [1.82, 2.24) is 0 Å². The highest BCUT2D eigenvalue weighted by molar-refractivity contribution is 5.67. The summed E-state index contributed by atoms with van der Waals surface area (Å²) in [6, 6.07) is 0. The predicted octanol–water partition coefficient (Wildman–Crippen LogP) is -0.255. The number of carbonyl (C=O) groups excluding carboxylic acids is 2. The first-order chi connectivity index (χ1) is 4.68. The van der Waals surface area contributed by atoms with Crippen molar-refractivity contribution >= 4 is 12.4 Å². The molecule has 0 atom stereocenters. The second-order valence-corrected chi connectivity index (χ2v) is 2.17. The fourth-order valence-electron chi connectivity index (χ4n) is 0.468. The van der Waals surface area contributed by atoms with E-state index in [0.717, 1.165) is 0 Å². The molecular weight excluding hydrogens is 138 g/mol. The third-order valence-corrected chi connectivity index (χ3v) is 1.25. The Morgan fingerprint density at radius 3 is 2.50 bits per heavy atom. The number of carbonyl (C=O) groups is 2. The number of aldehydes is 1. The fourth-order valence-corrected chi connectivity index (χ4v) is 0.468. The minimum Gasteiger partial charge on any atom is -0.333 e. The van der Waals surface area contributed by atoms with Gasteiger partial charge in [0.2, 0.25) is 0 Å². The summed E-state index contributed by atoms with van der Waals surface area (Å²) in [5, 5.41) is 0. The maximum absolute atomic E-state index is 10.1. The summed E-state index contributed by atoms with van der Waals surface area (Å²) in [7, 11) is 0. The lowest BCUT2D eigenvalue weighted by Crippen LogP contribution is -2.22. The van der Waals surface area contributed by atoms with Gasteiger partial charge in [-0.1, -0.05) is 0 Å². The first-order valence-corrected chi connectivity index (χ1v) is 2.80. The fraction of sp³-hybridized carbons (Fsp3) is 0.600. The van der Waals surface area contributed by atoms with Gasteiger partial charge in [0.15, 0.2) is 11.9 Å². The van der Waals surface area contributed by atoms with Crippen LogP contribution in [0, 0.1) is 0 Å². The third kappa shape index (κ3) is 1.44. The monoisotopic (exact) mass is 145 g/mol. The van der Waals surface area contributed by atoms with Gasteiger partial charge < -0.3 is 5.73 Å². The number of hydrogen-bond acceptors (Lipinski definition) is 4. The van der Waals surface area contributed by atoms with Crippen molar-refractivity contribution in [2.45, 2.75) is 18.4 Å². The highest BCUT2D eigenvalue weighted by atomic mass is 17.2. The second-order valence-electron chi connectivity index (χ2n) is 2.17. The van der Waals surface area contributed by atoms with Gasteiger partial charge in [-0.2, -0.15) is 4.89 Å². The molecule has 5 heteroatoms. The van der Waals surface area contributed by atoms with Crippen LogP contribution in [0.15, 0.2) is 0 Å². The van der Waals surface area contributed by atoms with Crippen LogP contribution in [-0.4, -0.2) is 18.0 Å². The smallest absolute Gasteiger partial charge is 0.333 e. The molecule has 0 spiro atoms. The number of nitrogens with two attached hydrogens (primary N) is 1. The molecule has 5 nitrogen and oxygen atoms in total. The summed E-state index contributed by atoms with van der Waals surface area (Å²) >= 11 is 0. The molecule has 1 rings (SSSR count). The van der Waals surface area contributed by atoms with Gasteiger partial charge in [0.25, 0.3) is 0 Å². The van der Waals surface area contributed by atoms with Crippen molar-refractivity contribution in [2.75, 3.05) is 0 Å². The van der Waals surface area contributed by atoms with Gasteiger partial charge in [-0.25, -0.2) is 4.79 Å². The van der Waals surface area contributed by atoms with Crippen molar-refractivity contribution in [3.05, 3.63) is 0 Å². The summed E-state index contributed by atoms with van der Waals surface area (Å²) in [5.74, 6) is 0. The molecule has 10 heavy (non-hydrogen) atoms. The lowest BCUT2D eigenvalue weighted by Gasteiger charge is -2.03. The highest BCUT2D eigenvalue weighted by Gasteiger charge is 2.47. The van der Waals surface area contributed by atoms with Crippen molar-refractivity contribution in [1.29, 1.82) is 0 Å². The van der Waals surface area contributed by atoms with E-state index in [2.05, 4.69) is 15.5 Å². The standard InChI is InChI=1S/C5H7NO4/c6-4(8)9-10-5(3-7)1-2-5/h3H,1-2H2,(H2,6,8). The number of hydrogen-bond donors (Lipinski definition) is 1. The van der Waals surface area contributed by atoms with Gasteiger partial charge >= 0.3 is 6.09 Å². The molecule has 2 N–H and O–H groups in total. The first kappa shape index (κ1) is 7.01. The molecule has 0 heterocycles. The van der Waals surface area contributed by atoms with Crippen LogP contribution in [0.5, 0.6) is 0 Å². The Hall–Kier alpha value is -1.10. The normalized spacial score (nSPS) is 19.6. The summed E-state index contributed by atoms with van der Waals surface area (Å²) in [6.07, 6.45) is 0.747. The maximum Gasteiger partial charge on any atom is 0.436 e. The maximum atomic E-state index is 10.1. The number of amides is 1. The van der Waals surface area contributed by atoms with Gasteiger partial charge in [0.1, 0.15) is 0 Å². The molecule has 0 saturated heterocycles. The molecule has 1 aliphatic carbocycles. The molecule has 0 aliphatic heterocycles. The molecule has 1 amide bonds. The Morgan fingerprint density at radius 2 is 2.20 bits per heavy atom. The molecule has 0 aromatic carbocycles. The van der Waals surface area contributed by atoms with Crippen LogP contribution in [0.25, 0.3) is 0 Å². The number of rotatable bonds is 3. The van der Waals surface area contributed by atoms with Gasteiger partial charge in [-0.05, 0) is 12.8 Å². The van der Waals surface area contributed by atoms with Crippen LogP contribution < -0.4 is 5.73 Å². The van der Waals surface area contributed by atoms with Crippen LogP contribution in [0.2, 0.25) is 0 Å². The molecular formula is C5H7NO4. The van der Waals surface area contributed by atoms with Crippen molar-refractivity contribution < 1.29 is 19.4 Å². The number of primary amides is 1. The molecule has 0 aromatic rings. The zero-order valence-electron chi connectivity index (χ0n) is 5.20. The quantitative estimate of drug-likeness (QED) is 0.337. The van der Waals surface area contributed by atoms with E-state index in [9.17, 15) is 9.59 Å². The van der Waals surface area contributed by atoms with Crippen LogP contribution in [0.1, 0.15) is 12.8 Å². The van der Waals surface area contributed by atoms with Crippen LogP contribution in [0.3, 0.4) is 0 Å². The minimum atomic E-state index is -1.03. The van der Waals surface area contributed by atoms with E-state index < -0.39 is 11.7 Å². The largest absolute Gasteiger partial charge is 0.436 e. The summed E-state index contributed by atoms with van der Waals surface area (Å²) in [6.45, 7) is 0. The van der Waals surface area contributed by atoms with E-state index in [1.807, 2.05) is 0 Å². The van der Waals surface area contributed by atoms with Gasteiger partial charge in [0.05, 0.1) is 0 Å². The molecule has 1 fully saturated rings.